The molecule has 2 saturated heterocycles. The van der Waals surface area contributed by atoms with Crippen LogP contribution < -0.4 is 10.6 Å². The van der Waals surface area contributed by atoms with E-state index in [9.17, 15) is 22.4 Å². The number of aromatic nitrogens is 1. The summed E-state index contributed by atoms with van der Waals surface area (Å²) in [5.74, 6) is -0.881. The number of piperidine rings is 2. The zero-order chi connectivity index (χ0) is 28.7. The quantitative estimate of drug-likeness (QED) is 0.433. The number of carbonyl (C=O) groups excluding carboxylic acids is 2. The fourth-order valence-electron chi connectivity index (χ4n) is 5.67. The molecule has 0 radical (unpaired) electrons. The first-order valence-electron chi connectivity index (χ1n) is 13.3. The van der Waals surface area contributed by atoms with Gasteiger partial charge in [-0.1, -0.05) is 17.4 Å². The normalized spacial score (nSPS) is 19.5. The van der Waals surface area contributed by atoms with Crippen molar-refractivity contribution in [2.45, 2.75) is 56.9 Å². The van der Waals surface area contributed by atoms with Crippen LogP contribution in [0.5, 0.6) is 0 Å². The number of benzene rings is 2. The molecule has 1 spiro atoms. The van der Waals surface area contributed by atoms with Gasteiger partial charge in [-0.3, -0.25) is 14.5 Å². The maximum atomic E-state index is 13.9. The van der Waals surface area contributed by atoms with Gasteiger partial charge in [-0.25, -0.2) is 17.8 Å². The number of nitrogens with zero attached hydrogens (tertiary/aromatic N) is 3. The molecule has 2 aliphatic heterocycles. The Bertz CT molecular complexity index is 1550. The molecule has 2 amide bonds. The standard InChI is InChI=1S/C28H34FN5O4S2/c1-19(35)30-21-7-8-23-24(16-21)39-26(31-23)32-25(36)17-33-13-11-28(12-14-33)10-9-27(2,3)34(18-28)40(37,38)22-6-4-5-20(29)15-22/h4-8,15-16H,9-14,17-18H2,1-3H3,(H,30,35)(H,31,32,36). The Hall–Kier alpha value is -2.93. The van der Waals surface area contributed by atoms with E-state index < -0.39 is 21.4 Å². The molecule has 0 saturated carbocycles. The van der Waals surface area contributed by atoms with Crippen molar-refractivity contribution in [1.82, 2.24) is 14.2 Å². The van der Waals surface area contributed by atoms with E-state index in [0.29, 0.717) is 36.9 Å². The molecule has 0 atom stereocenters. The summed E-state index contributed by atoms with van der Waals surface area (Å²) < 4.78 is 43.4. The SMILES string of the molecule is CC(=O)Nc1ccc2nc(NC(=O)CN3CCC4(CC3)CCC(C)(C)N(S(=O)(=O)c3cccc(F)c3)C4)sc2c1. The second-order valence-electron chi connectivity index (χ2n) is 11.5. The number of amides is 2. The van der Waals surface area contributed by atoms with E-state index in [-0.39, 0.29) is 28.7 Å². The van der Waals surface area contributed by atoms with Crippen molar-refractivity contribution in [2.24, 2.45) is 5.41 Å². The first-order valence-corrected chi connectivity index (χ1v) is 15.6. The van der Waals surface area contributed by atoms with Crippen LogP contribution in [0.2, 0.25) is 0 Å². The molecule has 5 rings (SSSR count). The van der Waals surface area contributed by atoms with Crippen LogP contribution in [0.15, 0.2) is 47.4 Å². The van der Waals surface area contributed by atoms with Crippen LogP contribution in [-0.4, -0.2) is 66.1 Å². The van der Waals surface area contributed by atoms with E-state index in [0.717, 1.165) is 35.5 Å². The molecule has 0 bridgehead atoms. The van der Waals surface area contributed by atoms with Crippen LogP contribution in [0.3, 0.4) is 0 Å². The Morgan fingerprint density at radius 3 is 2.50 bits per heavy atom. The van der Waals surface area contributed by atoms with Gasteiger partial charge in [-0.05, 0) is 94.4 Å². The van der Waals surface area contributed by atoms with Crippen LogP contribution in [0, 0.1) is 11.2 Å². The first-order chi connectivity index (χ1) is 18.8. The van der Waals surface area contributed by atoms with Crippen molar-refractivity contribution in [3.05, 3.63) is 48.3 Å². The zero-order valence-corrected chi connectivity index (χ0v) is 24.5. The number of halogens is 1. The van der Waals surface area contributed by atoms with Crippen molar-refractivity contribution in [3.63, 3.8) is 0 Å². The topological polar surface area (TPSA) is 112 Å². The van der Waals surface area contributed by atoms with Gasteiger partial charge in [0, 0.05) is 24.7 Å². The molecular weight excluding hydrogens is 553 g/mol. The highest BCUT2D eigenvalue weighted by molar-refractivity contribution is 7.89. The average molecular weight is 588 g/mol. The summed E-state index contributed by atoms with van der Waals surface area (Å²) in [5.41, 5.74) is 0.666. The van der Waals surface area contributed by atoms with Crippen molar-refractivity contribution in [1.29, 1.82) is 0 Å². The number of thiazole rings is 1. The van der Waals surface area contributed by atoms with Gasteiger partial charge in [0.05, 0.1) is 21.7 Å². The predicted octanol–water partition coefficient (Wildman–Crippen LogP) is 4.68. The maximum absolute atomic E-state index is 13.9. The third-order valence-corrected chi connectivity index (χ3v) is 11.0. The minimum absolute atomic E-state index is 0.0204. The number of carbonyl (C=O) groups is 2. The van der Waals surface area contributed by atoms with Gasteiger partial charge in [-0.2, -0.15) is 4.31 Å². The molecule has 12 heteroatoms. The summed E-state index contributed by atoms with van der Waals surface area (Å²) in [5, 5.41) is 6.14. The molecule has 2 N–H and O–H groups in total. The lowest BCUT2D eigenvalue weighted by Gasteiger charge is -2.53. The minimum Gasteiger partial charge on any atom is -0.326 e. The Morgan fingerprint density at radius 2 is 1.80 bits per heavy atom. The number of fused-ring (bicyclic) bond motifs is 1. The number of hydrogen-bond acceptors (Lipinski definition) is 7. The number of hydrogen-bond donors (Lipinski definition) is 2. The Kier molecular flexibility index (Phi) is 7.73. The number of rotatable bonds is 6. The van der Waals surface area contributed by atoms with Gasteiger partial charge in [0.15, 0.2) is 5.13 Å². The third-order valence-electron chi connectivity index (χ3n) is 8.04. The minimum atomic E-state index is -3.87. The molecule has 9 nitrogen and oxygen atoms in total. The summed E-state index contributed by atoms with van der Waals surface area (Å²) in [6.07, 6.45) is 3.17. The summed E-state index contributed by atoms with van der Waals surface area (Å²) in [6, 6.07) is 10.6. The van der Waals surface area contributed by atoms with Gasteiger partial charge < -0.3 is 10.6 Å². The highest BCUT2D eigenvalue weighted by atomic mass is 32.2. The second kappa shape index (κ2) is 10.8. The van der Waals surface area contributed by atoms with Crippen LogP contribution in [0.4, 0.5) is 15.2 Å². The van der Waals surface area contributed by atoms with Gasteiger partial charge in [0.25, 0.3) is 0 Å². The van der Waals surface area contributed by atoms with Crippen LogP contribution in [0.25, 0.3) is 10.2 Å². The van der Waals surface area contributed by atoms with Gasteiger partial charge in [-0.15, -0.1) is 0 Å². The lowest BCUT2D eigenvalue weighted by atomic mass is 9.69. The molecule has 2 fully saturated rings. The predicted molar refractivity (Wildman–Crippen MR) is 154 cm³/mol. The Morgan fingerprint density at radius 1 is 1.05 bits per heavy atom. The molecule has 0 aliphatic carbocycles. The molecule has 3 aromatic rings. The van der Waals surface area contributed by atoms with Crippen molar-refractivity contribution < 1.29 is 22.4 Å². The van der Waals surface area contributed by atoms with Crippen LogP contribution in [0.1, 0.15) is 46.5 Å². The van der Waals surface area contributed by atoms with Gasteiger partial charge >= 0.3 is 0 Å². The van der Waals surface area contributed by atoms with E-state index in [1.54, 1.807) is 16.4 Å². The van der Waals surface area contributed by atoms with E-state index >= 15 is 0 Å². The van der Waals surface area contributed by atoms with E-state index in [1.807, 2.05) is 19.9 Å². The highest BCUT2D eigenvalue weighted by Gasteiger charge is 2.49. The number of anilines is 2. The Balaban J connectivity index is 1.20. The van der Waals surface area contributed by atoms with E-state index in [4.69, 9.17) is 0 Å². The van der Waals surface area contributed by atoms with Gasteiger partial charge in [0.1, 0.15) is 5.82 Å². The van der Waals surface area contributed by atoms with E-state index in [2.05, 4.69) is 20.5 Å². The number of nitrogens with one attached hydrogen (secondary N) is 2. The van der Waals surface area contributed by atoms with Crippen molar-refractivity contribution in [3.8, 4) is 0 Å². The lowest BCUT2D eigenvalue weighted by molar-refractivity contribution is -0.118. The summed E-state index contributed by atoms with van der Waals surface area (Å²) >= 11 is 1.35. The highest BCUT2D eigenvalue weighted by Crippen LogP contribution is 2.46. The molecule has 0 unspecified atom stereocenters. The third kappa shape index (κ3) is 6.04. The molecular formula is C28H34FN5O4S2. The summed E-state index contributed by atoms with van der Waals surface area (Å²) in [6.45, 7) is 7.27. The molecule has 1 aromatic heterocycles. The van der Waals surface area contributed by atoms with Crippen molar-refractivity contribution >= 4 is 54.2 Å². The average Bonchev–Trinajstić information content (AvgIpc) is 3.28. The molecule has 214 valence electrons. The maximum Gasteiger partial charge on any atom is 0.243 e. The number of likely N-dealkylation sites (tertiary alicyclic amines) is 1. The van der Waals surface area contributed by atoms with Crippen LogP contribution in [-0.2, 0) is 19.6 Å². The summed E-state index contributed by atoms with van der Waals surface area (Å²) in [7, 11) is -3.87. The fourth-order valence-corrected chi connectivity index (χ4v) is 8.55. The molecule has 40 heavy (non-hydrogen) atoms. The van der Waals surface area contributed by atoms with Crippen molar-refractivity contribution in [2.75, 3.05) is 36.8 Å². The molecule has 3 heterocycles. The van der Waals surface area contributed by atoms with E-state index in [1.165, 1.54) is 36.5 Å². The lowest BCUT2D eigenvalue weighted by Crippen LogP contribution is -2.59. The fraction of sp³-hybridized carbons (Fsp3) is 0.464. The monoisotopic (exact) mass is 587 g/mol. The van der Waals surface area contributed by atoms with Crippen LogP contribution >= 0.6 is 11.3 Å². The Labute approximate surface area is 237 Å². The molecule has 2 aliphatic rings. The second-order valence-corrected chi connectivity index (χ2v) is 14.4. The largest absolute Gasteiger partial charge is 0.326 e. The summed E-state index contributed by atoms with van der Waals surface area (Å²) in [4.78, 5) is 30.7. The zero-order valence-electron chi connectivity index (χ0n) is 22.9. The van der Waals surface area contributed by atoms with Gasteiger partial charge in [0.2, 0.25) is 21.8 Å². The number of sulfonamides is 1. The first kappa shape index (κ1) is 28.6. The smallest absolute Gasteiger partial charge is 0.243 e. The molecule has 2 aromatic carbocycles.